The minimum Gasteiger partial charge on any atom is -0.464 e. The molecule has 1 aromatic rings. The number of hydrazine groups is 1. The number of hydrogen-bond acceptors (Lipinski definition) is 2. The SMILES string of the molecule is CC(C)c1ccccc1.NNC(=O)O. The molecule has 0 saturated carbocycles. The molecule has 0 spiro atoms. The van der Waals surface area contributed by atoms with Crippen molar-refractivity contribution in [3.05, 3.63) is 35.9 Å². The normalized spacial score (nSPS) is 8.86. The summed E-state index contributed by atoms with van der Waals surface area (Å²) in [6.45, 7) is 4.41. The van der Waals surface area contributed by atoms with Gasteiger partial charge in [0.1, 0.15) is 0 Å². The van der Waals surface area contributed by atoms with Crippen LogP contribution in [0.4, 0.5) is 4.79 Å². The highest BCUT2D eigenvalue weighted by Gasteiger charge is 1.93. The lowest BCUT2D eigenvalue weighted by molar-refractivity contribution is 0.194. The summed E-state index contributed by atoms with van der Waals surface area (Å²) in [5, 5.41) is 7.49. The largest absolute Gasteiger partial charge is 0.464 e. The van der Waals surface area contributed by atoms with Gasteiger partial charge in [-0.1, -0.05) is 44.2 Å². The molecule has 0 atom stereocenters. The van der Waals surface area contributed by atoms with Crippen molar-refractivity contribution in [2.45, 2.75) is 19.8 Å². The summed E-state index contributed by atoms with van der Waals surface area (Å²) in [5.41, 5.74) is 2.86. The van der Waals surface area contributed by atoms with Gasteiger partial charge >= 0.3 is 6.09 Å². The van der Waals surface area contributed by atoms with Crippen LogP contribution >= 0.6 is 0 Å². The maximum Gasteiger partial charge on any atom is 0.418 e. The third kappa shape index (κ3) is 6.02. The maximum absolute atomic E-state index is 9.13. The van der Waals surface area contributed by atoms with Crippen molar-refractivity contribution in [1.82, 2.24) is 5.43 Å². The van der Waals surface area contributed by atoms with Gasteiger partial charge in [0, 0.05) is 0 Å². The first-order valence-electron chi connectivity index (χ1n) is 4.32. The minimum atomic E-state index is -1.22. The van der Waals surface area contributed by atoms with Crippen LogP contribution in [-0.2, 0) is 0 Å². The molecule has 0 heterocycles. The Morgan fingerprint density at radius 2 is 1.79 bits per heavy atom. The molecule has 1 amide bonds. The molecule has 0 saturated heterocycles. The summed E-state index contributed by atoms with van der Waals surface area (Å²) in [4.78, 5) is 9.13. The molecule has 14 heavy (non-hydrogen) atoms. The predicted octanol–water partition coefficient (Wildman–Crippen LogP) is 1.94. The zero-order valence-electron chi connectivity index (χ0n) is 8.40. The van der Waals surface area contributed by atoms with Crippen molar-refractivity contribution in [2.75, 3.05) is 0 Å². The zero-order valence-corrected chi connectivity index (χ0v) is 8.40. The monoisotopic (exact) mass is 196 g/mol. The van der Waals surface area contributed by atoms with Gasteiger partial charge in [-0.3, -0.25) is 5.43 Å². The number of nitrogens with one attached hydrogen (secondary N) is 1. The molecule has 0 aromatic heterocycles. The van der Waals surface area contributed by atoms with E-state index in [1.165, 1.54) is 11.0 Å². The van der Waals surface area contributed by atoms with Crippen LogP contribution in [0.1, 0.15) is 25.3 Å². The van der Waals surface area contributed by atoms with Crippen molar-refractivity contribution < 1.29 is 9.90 Å². The fourth-order valence-electron chi connectivity index (χ4n) is 0.838. The lowest BCUT2D eigenvalue weighted by Crippen LogP contribution is -2.27. The van der Waals surface area contributed by atoms with Crippen LogP contribution in [-0.4, -0.2) is 11.2 Å². The van der Waals surface area contributed by atoms with Gasteiger partial charge in [0.2, 0.25) is 0 Å². The molecule has 0 unspecified atom stereocenters. The van der Waals surface area contributed by atoms with E-state index >= 15 is 0 Å². The molecule has 4 heteroatoms. The highest BCUT2D eigenvalue weighted by atomic mass is 16.4. The summed E-state index contributed by atoms with van der Waals surface area (Å²) in [5.74, 6) is 4.98. The first kappa shape index (κ1) is 12.4. The Bertz CT molecular complexity index is 260. The van der Waals surface area contributed by atoms with E-state index in [0.29, 0.717) is 5.92 Å². The lowest BCUT2D eigenvalue weighted by atomic mass is 10.0. The number of carbonyl (C=O) groups is 1. The average Bonchev–Trinajstić information content (AvgIpc) is 2.20. The molecule has 0 fully saturated rings. The molecule has 0 aliphatic carbocycles. The summed E-state index contributed by atoms with van der Waals surface area (Å²) >= 11 is 0. The lowest BCUT2D eigenvalue weighted by Gasteiger charge is -2.01. The van der Waals surface area contributed by atoms with E-state index in [9.17, 15) is 0 Å². The molecule has 1 aromatic carbocycles. The quantitative estimate of drug-likeness (QED) is 0.365. The van der Waals surface area contributed by atoms with E-state index in [0.717, 1.165) is 0 Å². The van der Waals surface area contributed by atoms with E-state index in [2.05, 4.69) is 44.0 Å². The molecule has 4 nitrogen and oxygen atoms in total. The van der Waals surface area contributed by atoms with Gasteiger partial charge in [-0.05, 0) is 11.5 Å². The van der Waals surface area contributed by atoms with E-state index in [-0.39, 0.29) is 0 Å². The standard InChI is InChI=1S/C9H12.CH4N2O2/c1-8(2)9-6-4-3-5-7-9;2-3-1(4)5/h3-8H,1-2H3;3H,2H2,(H,4,5). The molecule has 0 bridgehead atoms. The molecular weight excluding hydrogens is 180 g/mol. The van der Waals surface area contributed by atoms with E-state index in [4.69, 9.17) is 9.90 Å². The topological polar surface area (TPSA) is 75.3 Å². The van der Waals surface area contributed by atoms with E-state index < -0.39 is 6.09 Å². The second-order valence-electron chi connectivity index (χ2n) is 3.01. The number of amides is 1. The highest BCUT2D eigenvalue weighted by molar-refractivity contribution is 5.63. The van der Waals surface area contributed by atoms with Crippen LogP contribution in [0.5, 0.6) is 0 Å². The van der Waals surface area contributed by atoms with Crippen molar-refractivity contribution >= 4 is 6.09 Å². The average molecular weight is 196 g/mol. The van der Waals surface area contributed by atoms with Crippen molar-refractivity contribution in [1.29, 1.82) is 0 Å². The second-order valence-corrected chi connectivity index (χ2v) is 3.01. The fraction of sp³-hybridized carbons (Fsp3) is 0.300. The molecule has 0 aliphatic heterocycles. The van der Waals surface area contributed by atoms with Gasteiger partial charge in [-0.15, -0.1) is 0 Å². The van der Waals surface area contributed by atoms with Gasteiger partial charge in [0.05, 0.1) is 0 Å². The van der Waals surface area contributed by atoms with Crippen LogP contribution in [0.3, 0.4) is 0 Å². The van der Waals surface area contributed by atoms with Crippen LogP contribution in [0.15, 0.2) is 30.3 Å². The third-order valence-corrected chi connectivity index (χ3v) is 1.59. The smallest absolute Gasteiger partial charge is 0.418 e. The molecule has 1 rings (SSSR count). The summed E-state index contributed by atoms with van der Waals surface area (Å²) in [7, 11) is 0. The van der Waals surface area contributed by atoms with E-state index in [1.54, 1.807) is 0 Å². The Balaban J connectivity index is 0.000000292. The van der Waals surface area contributed by atoms with Gasteiger partial charge in [-0.2, -0.15) is 0 Å². The highest BCUT2D eigenvalue weighted by Crippen LogP contribution is 2.11. The minimum absolute atomic E-state index is 0.659. The van der Waals surface area contributed by atoms with E-state index in [1.807, 2.05) is 6.07 Å². The molecule has 0 radical (unpaired) electrons. The van der Waals surface area contributed by atoms with Gasteiger partial charge in [0.25, 0.3) is 0 Å². The van der Waals surface area contributed by atoms with Gasteiger partial charge in [0.15, 0.2) is 0 Å². The first-order chi connectivity index (χ1) is 6.57. The van der Waals surface area contributed by atoms with Crippen molar-refractivity contribution in [3.8, 4) is 0 Å². The Morgan fingerprint density at radius 1 is 1.36 bits per heavy atom. The zero-order chi connectivity index (χ0) is 11.0. The Labute approximate surface area is 83.7 Å². The van der Waals surface area contributed by atoms with Crippen molar-refractivity contribution in [2.24, 2.45) is 5.84 Å². The molecule has 0 aliphatic rings. The first-order valence-corrected chi connectivity index (χ1v) is 4.32. The maximum atomic E-state index is 9.13. The van der Waals surface area contributed by atoms with Gasteiger partial charge < -0.3 is 5.11 Å². The number of rotatable bonds is 1. The third-order valence-electron chi connectivity index (χ3n) is 1.59. The summed E-state index contributed by atoms with van der Waals surface area (Å²) in [6, 6.07) is 10.5. The van der Waals surface area contributed by atoms with Crippen LogP contribution in [0, 0.1) is 0 Å². The van der Waals surface area contributed by atoms with Gasteiger partial charge in [-0.25, -0.2) is 10.6 Å². The van der Waals surface area contributed by atoms with Crippen LogP contribution in [0.2, 0.25) is 0 Å². The Kier molecular flexibility index (Phi) is 6.15. The number of nitrogens with two attached hydrogens (primary N) is 1. The Hall–Kier alpha value is -1.55. The van der Waals surface area contributed by atoms with Crippen LogP contribution in [0.25, 0.3) is 0 Å². The number of carboxylic acid groups (broad SMARTS) is 1. The van der Waals surface area contributed by atoms with Crippen molar-refractivity contribution in [3.63, 3.8) is 0 Å². The number of hydrogen-bond donors (Lipinski definition) is 3. The second kappa shape index (κ2) is 6.91. The molecule has 4 N–H and O–H groups in total. The summed E-state index contributed by atoms with van der Waals surface area (Å²) in [6.07, 6.45) is -1.22. The van der Waals surface area contributed by atoms with Crippen LogP contribution < -0.4 is 11.3 Å². The summed E-state index contributed by atoms with van der Waals surface area (Å²) < 4.78 is 0. The predicted molar refractivity (Wildman–Crippen MR) is 55.9 cm³/mol. The fourth-order valence-corrected chi connectivity index (χ4v) is 0.838. The molecular formula is C10H16N2O2. The molecule has 78 valence electrons. The Morgan fingerprint density at radius 3 is 2.00 bits per heavy atom. The number of benzene rings is 1.